The highest BCUT2D eigenvalue weighted by molar-refractivity contribution is 5.86. The van der Waals surface area contributed by atoms with E-state index >= 15 is 0 Å². The summed E-state index contributed by atoms with van der Waals surface area (Å²) in [4.78, 5) is 32.2. The van der Waals surface area contributed by atoms with E-state index in [1.807, 2.05) is 0 Å². The predicted molar refractivity (Wildman–Crippen MR) is 49.2 cm³/mol. The highest BCUT2D eigenvalue weighted by atomic mass is 16.4. The summed E-state index contributed by atoms with van der Waals surface area (Å²) in [6.07, 6.45) is 1.24. The first kappa shape index (κ1) is 11.5. The van der Waals surface area contributed by atoms with Crippen LogP contribution in [0.4, 0.5) is 0 Å². The molecule has 15 heavy (non-hydrogen) atoms. The number of rotatable bonds is 6. The van der Waals surface area contributed by atoms with Gasteiger partial charge in [0.25, 0.3) is 0 Å². The summed E-state index contributed by atoms with van der Waals surface area (Å²) in [7, 11) is 0. The first-order valence-electron chi connectivity index (χ1n) is 4.75. The molecule has 6 heteroatoms. The first-order chi connectivity index (χ1) is 7.00. The number of carboxylic acid groups (broad SMARTS) is 2. The third kappa shape index (κ3) is 3.97. The molecular formula is C9H13NO5. The maximum atomic E-state index is 11.2. The van der Waals surface area contributed by atoms with Crippen LogP contribution in [-0.4, -0.2) is 34.1 Å². The Morgan fingerprint density at radius 1 is 1.27 bits per heavy atom. The summed E-state index contributed by atoms with van der Waals surface area (Å²) in [5.74, 6) is -2.61. The second kappa shape index (κ2) is 4.77. The molecule has 0 spiro atoms. The minimum Gasteiger partial charge on any atom is -0.481 e. The topological polar surface area (TPSA) is 104 Å². The van der Waals surface area contributed by atoms with Gasteiger partial charge in [-0.25, -0.2) is 4.79 Å². The second-order valence-electron chi connectivity index (χ2n) is 3.61. The van der Waals surface area contributed by atoms with E-state index in [0.29, 0.717) is 0 Å². The number of carboxylic acids is 2. The monoisotopic (exact) mass is 215 g/mol. The van der Waals surface area contributed by atoms with E-state index < -0.39 is 18.0 Å². The van der Waals surface area contributed by atoms with Gasteiger partial charge in [-0.3, -0.25) is 9.59 Å². The molecule has 0 radical (unpaired) electrons. The summed E-state index contributed by atoms with van der Waals surface area (Å²) < 4.78 is 0. The minimum atomic E-state index is -1.19. The summed E-state index contributed by atoms with van der Waals surface area (Å²) in [5, 5.41) is 19.5. The molecule has 1 saturated carbocycles. The van der Waals surface area contributed by atoms with Crippen LogP contribution >= 0.6 is 0 Å². The van der Waals surface area contributed by atoms with Crippen LogP contribution in [0.15, 0.2) is 0 Å². The van der Waals surface area contributed by atoms with Crippen LogP contribution in [0.5, 0.6) is 0 Å². The van der Waals surface area contributed by atoms with Gasteiger partial charge >= 0.3 is 11.9 Å². The standard InChI is InChI=1S/C9H13NO5/c11-7(12)4-3-6(9(14)15)10-8(13)5-1-2-5/h5-6H,1-4H2,(H,10,13)(H,11,12)(H,14,15). The Hall–Kier alpha value is -1.59. The zero-order valence-electron chi connectivity index (χ0n) is 8.10. The van der Waals surface area contributed by atoms with Gasteiger partial charge in [0.2, 0.25) is 5.91 Å². The quantitative estimate of drug-likeness (QED) is 0.570. The van der Waals surface area contributed by atoms with Crippen molar-refractivity contribution in [2.45, 2.75) is 31.7 Å². The Balaban J connectivity index is 2.38. The van der Waals surface area contributed by atoms with Gasteiger partial charge in [0, 0.05) is 12.3 Å². The van der Waals surface area contributed by atoms with Crippen molar-refractivity contribution in [2.24, 2.45) is 5.92 Å². The van der Waals surface area contributed by atoms with Gasteiger partial charge in [0.1, 0.15) is 6.04 Å². The van der Waals surface area contributed by atoms with Crippen LogP contribution in [0.25, 0.3) is 0 Å². The van der Waals surface area contributed by atoms with E-state index in [0.717, 1.165) is 12.8 Å². The van der Waals surface area contributed by atoms with E-state index in [1.54, 1.807) is 0 Å². The molecule has 0 aliphatic heterocycles. The Labute approximate surface area is 86.3 Å². The van der Waals surface area contributed by atoms with Gasteiger partial charge in [0.15, 0.2) is 0 Å². The van der Waals surface area contributed by atoms with Gasteiger partial charge in [-0.15, -0.1) is 0 Å². The van der Waals surface area contributed by atoms with Gasteiger partial charge < -0.3 is 15.5 Å². The Kier molecular flexibility index (Phi) is 3.65. The van der Waals surface area contributed by atoms with Gasteiger partial charge in [-0.05, 0) is 19.3 Å². The number of nitrogens with one attached hydrogen (secondary N) is 1. The Morgan fingerprint density at radius 3 is 2.27 bits per heavy atom. The van der Waals surface area contributed by atoms with E-state index in [-0.39, 0.29) is 24.7 Å². The van der Waals surface area contributed by atoms with E-state index in [2.05, 4.69) is 5.32 Å². The van der Waals surface area contributed by atoms with E-state index in [1.165, 1.54) is 0 Å². The average Bonchev–Trinajstić information content (AvgIpc) is 2.93. The minimum absolute atomic E-state index is 0.0725. The van der Waals surface area contributed by atoms with Crippen molar-refractivity contribution in [3.8, 4) is 0 Å². The molecule has 1 amide bonds. The van der Waals surface area contributed by atoms with E-state index in [9.17, 15) is 14.4 Å². The molecule has 0 bridgehead atoms. The first-order valence-corrected chi connectivity index (χ1v) is 4.75. The molecule has 1 rings (SSSR count). The van der Waals surface area contributed by atoms with Crippen LogP contribution < -0.4 is 5.32 Å². The van der Waals surface area contributed by atoms with Crippen LogP contribution in [0.1, 0.15) is 25.7 Å². The molecule has 1 aliphatic carbocycles. The Bertz CT molecular complexity index is 284. The van der Waals surface area contributed by atoms with Crippen molar-refractivity contribution < 1.29 is 24.6 Å². The van der Waals surface area contributed by atoms with Gasteiger partial charge in [-0.2, -0.15) is 0 Å². The molecule has 1 atom stereocenters. The summed E-state index contributed by atoms with van der Waals surface area (Å²) in [6.45, 7) is 0. The number of hydrogen-bond donors (Lipinski definition) is 3. The maximum Gasteiger partial charge on any atom is 0.326 e. The number of amides is 1. The molecule has 0 aromatic heterocycles. The summed E-state index contributed by atoms with van der Waals surface area (Å²) >= 11 is 0. The van der Waals surface area contributed by atoms with E-state index in [4.69, 9.17) is 10.2 Å². The summed E-state index contributed by atoms with van der Waals surface area (Å²) in [5.41, 5.74) is 0. The van der Waals surface area contributed by atoms with Crippen LogP contribution in [0, 0.1) is 5.92 Å². The highest BCUT2D eigenvalue weighted by Gasteiger charge is 2.32. The number of hydrogen-bond acceptors (Lipinski definition) is 3. The lowest BCUT2D eigenvalue weighted by atomic mass is 10.1. The average molecular weight is 215 g/mol. The Morgan fingerprint density at radius 2 is 1.87 bits per heavy atom. The van der Waals surface area contributed by atoms with Crippen molar-refractivity contribution in [1.82, 2.24) is 5.32 Å². The number of aliphatic carboxylic acids is 2. The third-order valence-corrected chi connectivity index (χ3v) is 2.21. The molecule has 6 nitrogen and oxygen atoms in total. The molecule has 1 fully saturated rings. The molecule has 0 heterocycles. The van der Waals surface area contributed by atoms with Crippen molar-refractivity contribution >= 4 is 17.8 Å². The molecule has 0 aromatic rings. The van der Waals surface area contributed by atoms with Crippen LogP contribution in [0.3, 0.4) is 0 Å². The lowest BCUT2D eigenvalue weighted by Gasteiger charge is -2.12. The fourth-order valence-electron chi connectivity index (χ4n) is 1.16. The van der Waals surface area contributed by atoms with Crippen molar-refractivity contribution in [3.63, 3.8) is 0 Å². The maximum absolute atomic E-state index is 11.2. The van der Waals surface area contributed by atoms with Gasteiger partial charge in [-0.1, -0.05) is 0 Å². The molecular weight excluding hydrogens is 202 g/mol. The van der Waals surface area contributed by atoms with Crippen molar-refractivity contribution in [3.05, 3.63) is 0 Å². The smallest absolute Gasteiger partial charge is 0.326 e. The zero-order valence-corrected chi connectivity index (χ0v) is 8.10. The zero-order chi connectivity index (χ0) is 11.4. The lowest BCUT2D eigenvalue weighted by molar-refractivity contribution is -0.143. The second-order valence-corrected chi connectivity index (χ2v) is 3.61. The van der Waals surface area contributed by atoms with Crippen molar-refractivity contribution in [1.29, 1.82) is 0 Å². The van der Waals surface area contributed by atoms with Gasteiger partial charge in [0.05, 0.1) is 0 Å². The van der Waals surface area contributed by atoms with Crippen LogP contribution in [-0.2, 0) is 14.4 Å². The predicted octanol–water partition coefficient (Wildman–Crippen LogP) is -0.169. The van der Waals surface area contributed by atoms with Crippen LogP contribution in [0.2, 0.25) is 0 Å². The fraction of sp³-hybridized carbons (Fsp3) is 0.667. The fourth-order valence-corrected chi connectivity index (χ4v) is 1.16. The SMILES string of the molecule is O=C(O)CCC(NC(=O)C1CC1)C(=O)O. The van der Waals surface area contributed by atoms with Crippen molar-refractivity contribution in [2.75, 3.05) is 0 Å². The molecule has 3 N–H and O–H groups in total. The summed E-state index contributed by atoms with van der Waals surface area (Å²) in [6, 6.07) is -1.09. The lowest BCUT2D eigenvalue weighted by Crippen LogP contribution is -2.41. The number of carbonyl (C=O) groups excluding carboxylic acids is 1. The molecule has 84 valence electrons. The molecule has 0 saturated heterocycles. The highest BCUT2D eigenvalue weighted by Crippen LogP contribution is 2.28. The largest absolute Gasteiger partial charge is 0.481 e. The molecule has 0 aromatic carbocycles. The normalized spacial score (nSPS) is 16.8. The number of carbonyl (C=O) groups is 3. The third-order valence-electron chi connectivity index (χ3n) is 2.21. The molecule has 1 unspecified atom stereocenters. The molecule has 1 aliphatic rings.